The maximum absolute atomic E-state index is 12.6. The molecule has 0 aliphatic carbocycles. The van der Waals surface area contributed by atoms with Crippen LogP contribution in [0.2, 0.25) is 5.02 Å². The van der Waals surface area contributed by atoms with Crippen molar-refractivity contribution in [1.29, 1.82) is 0 Å². The summed E-state index contributed by atoms with van der Waals surface area (Å²) >= 11 is 7.62. The Hall–Kier alpha value is -2.43. The first kappa shape index (κ1) is 19.3. The third-order valence-electron chi connectivity index (χ3n) is 3.86. The first-order chi connectivity index (χ1) is 13.2. The molecule has 0 saturated carbocycles. The lowest BCUT2D eigenvalue weighted by atomic mass is 10.1. The normalized spacial score (nSPS) is 10.4. The molecule has 0 fully saturated rings. The summed E-state index contributed by atoms with van der Waals surface area (Å²) in [6.45, 7) is 2.53. The number of thioether (sulfide) groups is 1. The van der Waals surface area contributed by atoms with Crippen molar-refractivity contribution in [1.82, 2.24) is 0 Å². The SMILES string of the molecule is CCOc1ccc(C(=O)Nc2ccccc2)cc1CSc1ccc(Cl)cc1. The average Bonchev–Trinajstić information content (AvgIpc) is 2.69. The summed E-state index contributed by atoms with van der Waals surface area (Å²) < 4.78 is 5.73. The van der Waals surface area contributed by atoms with E-state index in [1.807, 2.05) is 73.7 Å². The Morgan fingerprint density at radius 3 is 2.48 bits per heavy atom. The van der Waals surface area contributed by atoms with E-state index in [0.717, 1.165) is 21.9 Å². The number of rotatable bonds is 7. The Balaban J connectivity index is 1.77. The maximum Gasteiger partial charge on any atom is 0.255 e. The quantitative estimate of drug-likeness (QED) is 0.476. The number of amides is 1. The van der Waals surface area contributed by atoms with Crippen molar-refractivity contribution in [3.05, 3.63) is 88.9 Å². The van der Waals surface area contributed by atoms with E-state index in [9.17, 15) is 4.79 Å². The number of para-hydroxylation sites is 1. The molecule has 3 aromatic carbocycles. The molecular formula is C22H20ClNO2S. The van der Waals surface area contributed by atoms with Crippen LogP contribution < -0.4 is 10.1 Å². The van der Waals surface area contributed by atoms with E-state index in [1.165, 1.54) is 0 Å². The lowest BCUT2D eigenvalue weighted by molar-refractivity contribution is 0.102. The van der Waals surface area contributed by atoms with Gasteiger partial charge in [0, 0.05) is 32.5 Å². The van der Waals surface area contributed by atoms with Crippen LogP contribution in [0.3, 0.4) is 0 Å². The van der Waals surface area contributed by atoms with Gasteiger partial charge in [-0.05, 0) is 61.5 Å². The van der Waals surface area contributed by atoms with Gasteiger partial charge in [0.05, 0.1) is 6.61 Å². The van der Waals surface area contributed by atoms with Crippen LogP contribution in [0.25, 0.3) is 0 Å². The van der Waals surface area contributed by atoms with Crippen molar-refractivity contribution in [2.45, 2.75) is 17.6 Å². The van der Waals surface area contributed by atoms with Gasteiger partial charge >= 0.3 is 0 Å². The molecule has 0 unspecified atom stereocenters. The molecule has 0 spiro atoms. The van der Waals surface area contributed by atoms with Crippen molar-refractivity contribution >= 4 is 35.0 Å². The van der Waals surface area contributed by atoms with Crippen molar-refractivity contribution < 1.29 is 9.53 Å². The zero-order valence-electron chi connectivity index (χ0n) is 14.9. The number of halogens is 1. The fourth-order valence-electron chi connectivity index (χ4n) is 2.55. The van der Waals surface area contributed by atoms with Gasteiger partial charge < -0.3 is 10.1 Å². The highest BCUT2D eigenvalue weighted by Crippen LogP contribution is 2.30. The molecule has 138 valence electrons. The van der Waals surface area contributed by atoms with Crippen molar-refractivity contribution in [3.63, 3.8) is 0 Å². The van der Waals surface area contributed by atoms with Crippen LogP contribution in [0.4, 0.5) is 5.69 Å². The molecule has 0 saturated heterocycles. The summed E-state index contributed by atoms with van der Waals surface area (Å²) in [6.07, 6.45) is 0. The standard InChI is InChI=1S/C22H20ClNO2S/c1-2-26-21-13-8-16(22(25)24-19-6-4-3-5-7-19)14-17(21)15-27-20-11-9-18(23)10-12-20/h3-14H,2,15H2,1H3,(H,24,25). The molecule has 0 radical (unpaired) electrons. The molecule has 27 heavy (non-hydrogen) atoms. The summed E-state index contributed by atoms with van der Waals surface area (Å²) in [7, 11) is 0. The van der Waals surface area contributed by atoms with Crippen LogP contribution >= 0.6 is 23.4 Å². The molecule has 3 rings (SSSR count). The second kappa shape index (κ2) is 9.49. The molecule has 3 nitrogen and oxygen atoms in total. The fraction of sp³-hybridized carbons (Fsp3) is 0.136. The maximum atomic E-state index is 12.6. The second-order valence-corrected chi connectivity index (χ2v) is 7.30. The molecule has 1 amide bonds. The number of anilines is 1. The Morgan fingerprint density at radius 1 is 1.04 bits per heavy atom. The molecule has 0 atom stereocenters. The first-order valence-corrected chi connectivity index (χ1v) is 10.0. The highest BCUT2D eigenvalue weighted by atomic mass is 35.5. The molecule has 1 N–H and O–H groups in total. The summed E-state index contributed by atoms with van der Waals surface area (Å²) in [5, 5.41) is 3.63. The Kier molecular flexibility index (Phi) is 6.80. The van der Waals surface area contributed by atoms with Crippen molar-refractivity contribution in [3.8, 4) is 5.75 Å². The van der Waals surface area contributed by atoms with Gasteiger partial charge in [-0.1, -0.05) is 29.8 Å². The van der Waals surface area contributed by atoms with Gasteiger partial charge in [0.2, 0.25) is 0 Å². The van der Waals surface area contributed by atoms with E-state index < -0.39 is 0 Å². The van der Waals surface area contributed by atoms with Crippen molar-refractivity contribution in [2.24, 2.45) is 0 Å². The van der Waals surface area contributed by atoms with E-state index in [0.29, 0.717) is 22.9 Å². The number of benzene rings is 3. The average molecular weight is 398 g/mol. The molecule has 3 aromatic rings. The van der Waals surface area contributed by atoms with E-state index in [-0.39, 0.29) is 5.91 Å². The molecule has 0 aromatic heterocycles. The van der Waals surface area contributed by atoms with E-state index >= 15 is 0 Å². The second-order valence-electron chi connectivity index (χ2n) is 5.82. The third kappa shape index (κ3) is 5.52. The molecular weight excluding hydrogens is 378 g/mol. The number of hydrogen-bond donors (Lipinski definition) is 1. The number of nitrogens with one attached hydrogen (secondary N) is 1. The van der Waals surface area contributed by atoms with Crippen LogP contribution in [0.15, 0.2) is 77.7 Å². The minimum Gasteiger partial charge on any atom is -0.494 e. The zero-order valence-corrected chi connectivity index (χ0v) is 16.5. The third-order valence-corrected chi connectivity index (χ3v) is 5.17. The van der Waals surface area contributed by atoms with E-state index in [1.54, 1.807) is 17.8 Å². The number of hydrogen-bond acceptors (Lipinski definition) is 3. The topological polar surface area (TPSA) is 38.3 Å². The van der Waals surface area contributed by atoms with Crippen LogP contribution in [0, 0.1) is 0 Å². The van der Waals surface area contributed by atoms with Gasteiger partial charge in [-0.25, -0.2) is 0 Å². The highest BCUT2D eigenvalue weighted by molar-refractivity contribution is 7.98. The first-order valence-electron chi connectivity index (χ1n) is 8.66. The summed E-state index contributed by atoms with van der Waals surface area (Å²) in [4.78, 5) is 13.7. The van der Waals surface area contributed by atoms with Crippen molar-refractivity contribution in [2.75, 3.05) is 11.9 Å². The Bertz CT molecular complexity index is 898. The Labute approximate surface area is 168 Å². The molecule has 0 bridgehead atoms. The lowest BCUT2D eigenvalue weighted by Gasteiger charge is -2.12. The van der Waals surface area contributed by atoms with Gasteiger partial charge in [0.1, 0.15) is 5.75 Å². The highest BCUT2D eigenvalue weighted by Gasteiger charge is 2.11. The molecule has 0 heterocycles. The lowest BCUT2D eigenvalue weighted by Crippen LogP contribution is -2.12. The fourth-order valence-corrected chi connectivity index (χ4v) is 3.55. The van der Waals surface area contributed by atoms with E-state index in [2.05, 4.69) is 5.32 Å². The van der Waals surface area contributed by atoms with Gasteiger partial charge in [-0.3, -0.25) is 4.79 Å². The number of carbonyl (C=O) groups excluding carboxylic acids is 1. The van der Waals surface area contributed by atoms with Crippen LogP contribution in [0.1, 0.15) is 22.8 Å². The summed E-state index contributed by atoms with van der Waals surface area (Å²) in [6, 6.07) is 22.7. The number of carbonyl (C=O) groups is 1. The zero-order chi connectivity index (χ0) is 19.1. The van der Waals surface area contributed by atoms with Gasteiger partial charge in [-0.15, -0.1) is 11.8 Å². The predicted molar refractivity (Wildman–Crippen MR) is 113 cm³/mol. The largest absolute Gasteiger partial charge is 0.494 e. The Morgan fingerprint density at radius 2 is 1.78 bits per heavy atom. The minimum absolute atomic E-state index is 0.137. The summed E-state index contributed by atoms with van der Waals surface area (Å²) in [5.74, 6) is 1.36. The molecule has 0 aliphatic rings. The van der Waals surface area contributed by atoms with Crippen LogP contribution in [-0.4, -0.2) is 12.5 Å². The van der Waals surface area contributed by atoms with Crippen LogP contribution in [0.5, 0.6) is 5.75 Å². The van der Waals surface area contributed by atoms with E-state index in [4.69, 9.17) is 16.3 Å². The van der Waals surface area contributed by atoms with Gasteiger partial charge in [0.15, 0.2) is 0 Å². The summed E-state index contributed by atoms with van der Waals surface area (Å²) in [5.41, 5.74) is 2.36. The minimum atomic E-state index is -0.137. The smallest absolute Gasteiger partial charge is 0.255 e. The molecule has 5 heteroatoms. The molecule has 0 aliphatic heterocycles. The van der Waals surface area contributed by atoms with Gasteiger partial charge in [0.25, 0.3) is 5.91 Å². The monoisotopic (exact) mass is 397 g/mol. The van der Waals surface area contributed by atoms with Gasteiger partial charge in [-0.2, -0.15) is 0 Å². The van der Waals surface area contributed by atoms with Crippen LogP contribution in [-0.2, 0) is 5.75 Å². The predicted octanol–water partition coefficient (Wildman–Crippen LogP) is 6.28. The number of ether oxygens (including phenoxy) is 1.